The number of hydrogen-bond acceptors (Lipinski definition) is 6. The third-order valence-electron chi connectivity index (χ3n) is 4.30. The van der Waals surface area contributed by atoms with E-state index in [9.17, 15) is 13.2 Å². The second kappa shape index (κ2) is 9.51. The largest absolute Gasteiger partial charge is 0.490 e. The highest BCUT2D eigenvalue weighted by atomic mass is 19.4. The number of carbonyl (C=O) groups is 1. The number of carboxylic acids is 1. The van der Waals surface area contributed by atoms with Crippen LogP contribution < -0.4 is 5.32 Å². The van der Waals surface area contributed by atoms with Gasteiger partial charge in [-0.15, -0.1) is 0 Å². The van der Waals surface area contributed by atoms with E-state index in [2.05, 4.69) is 25.5 Å². The van der Waals surface area contributed by atoms with Gasteiger partial charge >= 0.3 is 12.1 Å². The zero-order valence-electron chi connectivity index (χ0n) is 17.9. The molecule has 3 heterocycles. The summed E-state index contributed by atoms with van der Waals surface area (Å²) in [6, 6.07) is 12.0. The van der Waals surface area contributed by atoms with Crippen LogP contribution in [0.1, 0.15) is 11.6 Å². The highest BCUT2D eigenvalue weighted by Crippen LogP contribution is 2.23. The summed E-state index contributed by atoms with van der Waals surface area (Å²) in [5.74, 6) is -0.338. The number of aromatic nitrogens is 6. The molecule has 0 aliphatic heterocycles. The normalized spacial score (nSPS) is 11.0. The summed E-state index contributed by atoms with van der Waals surface area (Å²) in [6.45, 7) is 3.83. The molecule has 0 aliphatic rings. The Bertz CT molecular complexity index is 1250. The molecule has 0 spiro atoms. The van der Waals surface area contributed by atoms with Gasteiger partial charge in [-0.05, 0) is 55.8 Å². The Kier molecular flexibility index (Phi) is 6.75. The average Bonchev–Trinajstić information content (AvgIpc) is 3.33. The van der Waals surface area contributed by atoms with E-state index in [4.69, 9.17) is 9.90 Å². The second-order valence-corrected chi connectivity index (χ2v) is 6.93. The average molecular weight is 459 g/mol. The van der Waals surface area contributed by atoms with Crippen LogP contribution in [0.5, 0.6) is 0 Å². The maximum atomic E-state index is 10.6. The third-order valence-corrected chi connectivity index (χ3v) is 4.30. The van der Waals surface area contributed by atoms with Crippen LogP contribution in [0.25, 0.3) is 16.8 Å². The summed E-state index contributed by atoms with van der Waals surface area (Å²) in [5.41, 5.74) is 4.07. The first-order chi connectivity index (χ1) is 15.5. The Hall–Kier alpha value is -4.22. The van der Waals surface area contributed by atoms with Crippen LogP contribution in [0.15, 0.2) is 55.0 Å². The lowest BCUT2D eigenvalue weighted by atomic mass is 10.1. The third kappa shape index (κ3) is 6.15. The van der Waals surface area contributed by atoms with Crippen molar-refractivity contribution >= 4 is 17.5 Å². The van der Waals surface area contributed by atoms with Crippen LogP contribution in [-0.2, 0) is 11.8 Å². The van der Waals surface area contributed by atoms with Gasteiger partial charge in [0.1, 0.15) is 17.5 Å². The lowest BCUT2D eigenvalue weighted by Gasteiger charge is -2.08. The molecular weight excluding hydrogens is 439 g/mol. The molecule has 0 saturated carbocycles. The Balaban J connectivity index is 0.000000383. The fraction of sp³-hybridized carbons (Fsp3) is 0.190. The Labute approximate surface area is 186 Å². The van der Waals surface area contributed by atoms with E-state index in [1.54, 1.807) is 10.9 Å². The number of aryl methyl sites for hydroxylation is 3. The van der Waals surface area contributed by atoms with Crippen molar-refractivity contribution in [2.45, 2.75) is 20.0 Å². The summed E-state index contributed by atoms with van der Waals surface area (Å²) < 4.78 is 35.4. The maximum Gasteiger partial charge on any atom is 0.490 e. The number of benzene rings is 1. The number of pyridine rings is 1. The summed E-state index contributed by atoms with van der Waals surface area (Å²) in [7, 11) is 1.91. The van der Waals surface area contributed by atoms with Gasteiger partial charge in [-0.1, -0.05) is 0 Å². The van der Waals surface area contributed by atoms with Crippen LogP contribution in [0, 0.1) is 13.8 Å². The molecule has 0 fully saturated rings. The predicted molar refractivity (Wildman–Crippen MR) is 114 cm³/mol. The number of nitrogens with zero attached hydrogens (tertiary/aromatic N) is 6. The minimum Gasteiger partial charge on any atom is -0.475 e. The fourth-order valence-corrected chi connectivity index (χ4v) is 2.85. The van der Waals surface area contributed by atoms with E-state index < -0.39 is 12.1 Å². The molecule has 172 valence electrons. The van der Waals surface area contributed by atoms with Gasteiger partial charge in [0.2, 0.25) is 0 Å². The molecule has 0 atom stereocenters. The lowest BCUT2D eigenvalue weighted by molar-refractivity contribution is -0.192. The second-order valence-electron chi connectivity index (χ2n) is 6.93. The molecule has 9 nitrogen and oxygen atoms in total. The molecule has 1 aromatic carbocycles. The summed E-state index contributed by atoms with van der Waals surface area (Å²) in [4.78, 5) is 17.6. The smallest absolute Gasteiger partial charge is 0.475 e. The van der Waals surface area contributed by atoms with Crippen LogP contribution >= 0.6 is 0 Å². The zero-order chi connectivity index (χ0) is 24.2. The van der Waals surface area contributed by atoms with Crippen molar-refractivity contribution in [2.75, 3.05) is 5.32 Å². The van der Waals surface area contributed by atoms with Gasteiger partial charge in [0, 0.05) is 30.7 Å². The highest BCUT2D eigenvalue weighted by Gasteiger charge is 2.38. The van der Waals surface area contributed by atoms with Crippen LogP contribution in [0.2, 0.25) is 0 Å². The number of anilines is 2. The monoisotopic (exact) mass is 459 g/mol. The minimum atomic E-state index is -5.08. The van der Waals surface area contributed by atoms with Gasteiger partial charge in [-0.25, -0.2) is 19.4 Å². The first kappa shape index (κ1) is 23.4. The number of hydrogen-bond donors (Lipinski definition) is 2. The first-order valence-electron chi connectivity index (χ1n) is 9.56. The van der Waals surface area contributed by atoms with Crippen molar-refractivity contribution in [3.05, 3.63) is 66.6 Å². The Morgan fingerprint density at radius 3 is 2.27 bits per heavy atom. The molecule has 0 amide bonds. The summed E-state index contributed by atoms with van der Waals surface area (Å²) in [6.07, 6.45) is 0.535. The van der Waals surface area contributed by atoms with Gasteiger partial charge < -0.3 is 10.4 Å². The van der Waals surface area contributed by atoms with E-state index in [1.165, 1.54) is 0 Å². The fourth-order valence-electron chi connectivity index (χ4n) is 2.85. The maximum absolute atomic E-state index is 10.6. The van der Waals surface area contributed by atoms with Gasteiger partial charge in [0.15, 0.2) is 0 Å². The number of carboxylic acid groups (broad SMARTS) is 1. The molecule has 12 heteroatoms. The molecule has 2 N–H and O–H groups in total. The van der Waals surface area contributed by atoms with Crippen molar-refractivity contribution in [1.82, 2.24) is 29.5 Å². The number of halogens is 3. The number of aliphatic carboxylic acids is 1. The minimum absolute atomic E-state index is 0.765. The van der Waals surface area contributed by atoms with Crippen molar-refractivity contribution < 1.29 is 23.1 Å². The molecule has 0 radical (unpaired) electrons. The van der Waals surface area contributed by atoms with Crippen LogP contribution in [0.4, 0.5) is 24.7 Å². The SMILES string of the molecule is Cc1nc(C)n(-c2ccc(Nc3cc(-c4cnn(C)c4)ccn3)cc2)n1.O=C(O)C(F)(F)F. The van der Waals surface area contributed by atoms with E-state index in [1.807, 2.05) is 74.4 Å². The van der Waals surface area contributed by atoms with Gasteiger partial charge in [-0.2, -0.15) is 23.4 Å². The molecule has 3 aromatic heterocycles. The van der Waals surface area contributed by atoms with Crippen LogP contribution in [0.3, 0.4) is 0 Å². The summed E-state index contributed by atoms with van der Waals surface area (Å²) >= 11 is 0. The van der Waals surface area contributed by atoms with Crippen molar-refractivity contribution in [2.24, 2.45) is 7.05 Å². The topological polar surface area (TPSA) is 111 Å². The number of nitrogens with one attached hydrogen (secondary N) is 1. The molecule has 33 heavy (non-hydrogen) atoms. The van der Waals surface area contributed by atoms with Crippen LogP contribution in [-0.4, -0.2) is 46.8 Å². The van der Waals surface area contributed by atoms with Crippen molar-refractivity contribution in [3.8, 4) is 16.8 Å². The first-order valence-corrected chi connectivity index (χ1v) is 9.56. The molecule has 4 rings (SSSR count). The number of rotatable bonds is 4. The molecule has 4 aromatic rings. The molecular formula is C21H20F3N7O2. The van der Waals surface area contributed by atoms with E-state index in [-0.39, 0.29) is 0 Å². The lowest BCUT2D eigenvalue weighted by Crippen LogP contribution is -2.21. The zero-order valence-corrected chi connectivity index (χ0v) is 17.9. The highest BCUT2D eigenvalue weighted by molar-refractivity contribution is 5.73. The van der Waals surface area contributed by atoms with Gasteiger partial charge in [0.25, 0.3) is 0 Å². The quantitative estimate of drug-likeness (QED) is 0.474. The standard InChI is InChI=1S/C19H19N7.C2HF3O2/c1-13-22-14(2)26(24-13)18-6-4-17(5-7-18)23-19-10-15(8-9-20-19)16-11-21-25(3)12-16;3-2(4,5)1(6)7/h4-12H,1-3H3,(H,20,23);(H,6,7). The molecule has 0 unspecified atom stereocenters. The van der Waals surface area contributed by atoms with E-state index in [0.29, 0.717) is 0 Å². The Morgan fingerprint density at radius 2 is 1.76 bits per heavy atom. The number of alkyl halides is 3. The van der Waals surface area contributed by atoms with E-state index in [0.717, 1.165) is 40.0 Å². The summed E-state index contributed by atoms with van der Waals surface area (Å²) in [5, 5.41) is 19.1. The predicted octanol–water partition coefficient (Wildman–Crippen LogP) is 4.06. The molecule has 0 aliphatic carbocycles. The van der Waals surface area contributed by atoms with Crippen molar-refractivity contribution in [1.29, 1.82) is 0 Å². The van der Waals surface area contributed by atoms with Gasteiger partial charge in [-0.3, -0.25) is 4.68 Å². The van der Waals surface area contributed by atoms with E-state index >= 15 is 0 Å². The Morgan fingerprint density at radius 1 is 1.09 bits per heavy atom. The van der Waals surface area contributed by atoms with Gasteiger partial charge in [0.05, 0.1) is 11.9 Å². The van der Waals surface area contributed by atoms with Crippen molar-refractivity contribution in [3.63, 3.8) is 0 Å². The molecule has 0 bridgehead atoms. The molecule has 0 saturated heterocycles.